The van der Waals surface area contributed by atoms with Crippen LogP contribution in [0.2, 0.25) is 0 Å². The molecule has 4 rings (SSSR count). The lowest BCUT2D eigenvalue weighted by molar-refractivity contribution is -0.136. The van der Waals surface area contributed by atoms with Gasteiger partial charge in [-0.2, -0.15) is 0 Å². The number of aromatic nitrogens is 1. The fraction of sp³-hybridized carbons (Fsp3) is 0.469. The number of aliphatic imine (C=N–C) groups is 2. The molecule has 1 saturated heterocycles. The van der Waals surface area contributed by atoms with Gasteiger partial charge in [-0.15, -0.1) is 0 Å². The number of hydrogen-bond donors (Lipinski definition) is 15. The molecule has 10 amide bonds. The number of para-hydroxylation sites is 1. The number of H-pyrrole nitrogens is 1. The van der Waals surface area contributed by atoms with E-state index >= 15 is 0 Å². The van der Waals surface area contributed by atoms with Crippen molar-refractivity contribution in [2.45, 2.75) is 126 Å². The number of aromatic amines is 1. The van der Waals surface area contributed by atoms with E-state index in [1.54, 1.807) is 54.7 Å². The van der Waals surface area contributed by atoms with Gasteiger partial charge in [0.25, 0.3) is 0 Å². The molecule has 3 aromatic rings. The lowest BCUT2D eigenvalue weighted by Gasteiger charge is -2.28. The highest BCUT2D eigenvalue weighted by atomic mass is 16.2. The molecular formula is C49H71N17O10. The van der Waals surface area contributed by atoms with Gasteiger partial charge in [0.15, 0.2) is 11.9 Å². The molecule has 2 aromatic carbocycles. The molecule has 1 aromatic heterocycles. The number of nitrogens with zero attached hydrogens (tertiary/aromatic N) is 2. The first-order valence-corrected chi connectivity index (χ1v) is 24.8. The summed E-state index contributed by atoms with van der Waals surface area (Å²) in [4.78, 5) is 147. The number of amides is 10. The zero-order valence-electron chi connectivity index (χ0n) is 42.4. The topological polar surface area (TPSA) is 464 Å². The largest absolute Gasteiger partial charge is 0.370 e. The minimum absolute atomic E-state index is 0.0167. The van der Waals surface area contributed by atoms with Crippen molar-refractivity contribution in [1.82, 2.24) is 47.5 Å². The fourth-order valence-electron chi connectivity index (χ4n) is 8.22. The second-order valence-electron chi connectivity index (χ2n) is 18.2. The first-order valence-electron chi connectivity index (χ1n) is 24.8. The lowest BCUT2D eigenvalue weighted by Crippen LogP contribution is -2.60. The second kappa shape index (κ2) is 30.4. The van der Waals surface area contributed by atoms with Crippen molar-refractivity contribution in [3.63, 3.8) is 0 Å². The predicted molar refractivity (Wildman–Crippen MR) is 280 cm³/mol. The third kappa shape index (κ3) is 20.6. The summed E-state index contributed by atoms with van der Waals surface area (Å²) in [5.74, 6) is -8.82. The molecule has 27 nitrogen and oxygen atoms in total. The average Bonchev–Trinajstić information content (AvgIpc) is 3.77. The van der Waals surface area contributed by atoms with Crippen LogP contribution in [0.1, 0.15) is 82.3 Å². The van der Waals surface area contributed by atoms with E-state index in [1.807, 2.05) is 6.07 Å². The highest BCUT2D eigenvalue weighted by Gasteiger charge is 2.35. The van der Waals surface area contributed by atoms with Gasteiger partial charge in [0, 0.05) is 62.9 Å². The Hall–Kier alpha value is -8.78. The Labute approximate surface area is 438 Å². The molecule has 76 heavy (non-hydrogen) atoms. The number of rotatable bonds is 19. The highest BCUT2D eigenvalue weighted by molar-refractivity contribution is 5.99. The lowest BCUT2D eigenvalue weighted by atomic mass is 10.0. The number of carbonyl (C=O) groups is 10. The fourth-order valence-corrected chi connectivity index (χ4v) is 8.22. The van der Waals surface area contributed by atoms with Crippen LogP contribution in [0.5, 0.6) is 0 Å². The van der Waals surface area contributed by atoms with E-state index in [0.29, 0.717) is 11.1 Å². The van der Waals surface area contributed by atoms with E-state index < -0.39 is 114 Å². The van der Waals surface area contributed by atoms with Crippen molar-refractivity contribution < 1.29 is 47.9 Å². The minimum atomic E-state index is -1.56. The molecule has 1 fully saturated rings. The van der Waals surface area contributed by atoms with Crippen molar-refractivity contribution >= 4 is 81.9 Å². The molecule has 0 spiro atoms. The van der Waals surface area contributed by atoms with E-state index in [9.17, 15) is 47.9 Å². The Morgan fingerprint density at radius 1 is 0.671 bits per heavy atom. The van der Waals surface area contributed by atoms with Gasteiger partial charge in [-0.05, 0) is 68.6 Å². The van der Waals surface area contributed by atoms with Gasteiger partial charge in [0.1, 0.15) is 42.3 Å². The maximum Gasteiger partial charge on any atom is 0.243 e. The van der Waals surface area contributed by atoms with Gasteiger partial charge in [0.2, 0.25) is 59.1 Å². The summed E-state index contributed by atoms with van der Waals surface area (Å²) in [5, 5.41) is 21.7. The molecule has 7 atom stereocenters. The number of primary amides is 2. The first-order chi connectivity index (χ1) is 36.2. The summed E-state index contributed by atoms with van der Waals surface area (Å²) < 4.78 is 0. The summed E-state index contributed by atoms with van der Waals surface area (Å²) in [6.45, 7) is 1.32. The van der Waals surface area contributed by atoms with Crippen LogP contribution in [-0.2, 0) is 60.8 Å². The maximum absolute atomic E-state index is 14.6. The SMILES string of the molecule is CC(=O)N[C@@H](CCCN=C(N)N)C(=O)N[C@H]1CCCCNC(=O)CC(C(N)=O)NC(=O)[C@H](Cc2c[nH]c3ccccc23)NC(=O)[C@H](CCCN=C(N)N)NC(=O)[C@@H](Cc2ccccc2)NC(=O)[C@H](CCC(N)=O)NC1=O. The Bertz CT molecular complexity index is 2580. The van der Waals surface area contributed by atoms with Gasteiger partial charge in [0.05, 0.1) is 6.42 Å². The van der Waals surface area contributed by atoms with E-state index in [2.05, 4.69) is 57.5 Å². The minimum Gasteiger partial charge on any atom is -0.370 e. The summed E-state index contributed by atoms with van der Waals surface area (Å²) >= 11 is 0. The van der Waals surface area contributed by atoms with Crippen molar-refractivity contribution in [3.05, 3.63) is 71.9 Å². The smallest absolute Gasteiger partial charge is 0.243 e. The van der Waals surface area contributed by atoms with Gasteiger partial charge in [-0.1, -0.05) is 48.5 Å². The van der Waals surface area contributed by atoms with Crippen LogP contribution in [0.3, 0.4) is 0 Å². The first kappa shape index (κ1) is 59.8. The van der Waals surface area contributed by atoms with E-state index in [4.69, 9.17) is 34.4 Å². The van der Waals surface area contributed by atoms with Crippen LogP contribution in [0, 0.1) is 0 Å². The molecule has 1 unspecified atom stereocenters. The molecule has 21 N–H and O–H groups in total. The van der Waals surface area contributed by atoms with Crippen molar-refractivity contribution in [1.29, 1.82) is 0 Å². The molecule has 0 saturated carbocycles. The number of nitrogens with one attached hydrogen (secondary N) is 9. The van der Waals surface area contributed by atoms with Crippen molar-refractivity contribution in [3.8, 4) is 0 Å². The van der Waals surface area contributed by atoms with Crippen LogP contribution < -0.4 is 76.9 Å². The number of guanidine groups is 2. The summed E-state index contributed by atoms with van der Waals surface area (Å²) in [5.41, 5.74) is 35.1. The number of fused-ring (bicyclic) bond motifs is 1. The Balaban J connectivity index is 1.78. The quantitative estimate of drug-likeness (QED) is 0.0309. The molecular weight excluding hydrogens is 987 g/mol. The summed E-state index contributed by atoms with van der Waals surface area (Å²) in [7, 11) is 0. The van der Waals surface area contributed by atoms with Gasteiger partial charge in [-0.25, -0.2) is 0 Å². The molecule has 1 aliphatic heterocycles. The number of hydrogen-bond acceptors (Lipinski definition) is 12. The van der Waals surface area contributed by atoms with Gasteiger partial charge in [-0.3, -0.25) is 57.9 Å². The van der Waals surface area contributed by atoms with E-state index in [-0.39, 0.29) is 95.8 Å². The zero-order chi connectivity index (χ0) is 55.7. The normalized spacial score (nSPS) is 20.9. The van der Waals surface area contributed by atoms with Crippen molar-refractivity contribution in [2.24, 2.45) is 44.4 Å². The van der Waals surface area contributed by atoms with Crippen molar-refractivity contribution in [2.75, 3.05) is 19.6 Å². The van der Waals surface area contributed by atoms with Crippen LogP contribution in [-0.4, -0.2) is 138 Å². The summed E-state index contributed by atoms with van der Waals surface area (Å²) in [6.07, 6.45) is 0.520. The molecule has 412 valence electrons. The van der Waals surface area contributed by atoms with Crippen LogP contribution >= 0.6 is 0 Å². The third-order valence-corrected chi connectivity index (χ3v) is 12.1. The highest BCUT2D eigenvalue weighted by Crippen LogP contribution is 2.20. The Morgan fingerprint density at radius 2 is 1.25 bits per heavy atom. The zero-order valence-corrected chi connectivity index (χ0v) is 42.4. The third-order valence-electron chi connectivity index (χ3n) is 12.1. The van der Waals surface area contributed by atoms with E-state index in [1.165, 1.54) is 6.92 Å². The number of benzene rings is 2. The predicted octanol–water partition coefficient (Wildman–Crippen LogP) is -4.09. The molecule has 0 radical (unpaired) electrons. The molecule has 1 aliphatic rings. The van der Waals surface area contributed by atoms with Crippen LogP contribution in [0.15, 0.2) is 70.8 Å². The molecule has 2 heterocycles. The maximum atomic E-state index is 14.6. The summed E-state index contributed by atoms with van der Waals surface area (Å²) in [6, 6.07) is 5.71. The van der Waals surface area contributed by atoms with Crippen LogP contribution in [0.25, 0.3) is 10.9 Å². The molecule has 0 bridgehead atoms. The number of carbonyl (C=O) groups excluding carboxylic acids is 10. The Morgan fingerprint density at radius 3 is 1.89 bits per heavy atom. The Kier molecular flexibility index (Phi) is 23.9. The van der Waals surface area contributed by atoms with E-state index in [0.717, 1.165) is 10.9 Å². The second-order valence-corrected chi connectivity index (χ2v) is 18.2. The molecule has 0 aliphatic carbocycles. The van der Waals surface area contributed by atoms with Crippen LogP contribution in [0.4, 0.5) is 0 Å². The number of nitrogens with two attached hydrogens (primary N) is 6. The standard InChI is InChI=1S/C49H71N17O10/c1-27(67)60-32(16-9-21-57-48(52)53)42(71)61-33-15-7-8-20-56-40(69)25-36(41(51)70)64-47(76)38(24-29-26-59-31-14-6-5-13-30(29)31)66-44(73)34(17-10-22-58-49(54)55)62-46(75)37(23-28-11-3-2-4-12-28)65-45(74)35(63-43(33)72)18-19-39(50)68/h2-6,11-14,26,32-38,59H,7-10,15-25H2,1H3,(H2,50,68)(H2,51,70)(H,56,69)(H,60,67)(H,61,71)(H,62,75)(H,63,72)(H,64,76)(H,65,74)(H,66,73)(H4,52,53,57)(H4,54,55,58)/t32-,33-,34-,35-,36?,37+,38-/m0/s1. The van der Waals surface area contributed by atoms with Gasteiger partial charge < -0.3 is 81.9 Å². The van der Waals surface area contributed by atoms with Gasteiger partial charge >= 0.3 is 0 Å². The average molecular weight is 1060 g/mol. The monoisotopic (exact) mass is 1060 g/mol. The molecule has 27 heteroatoms.